The van der Waals surface area contributed by atoms with Crippen molar-refractivity contribution in [1.29, 1.82) is 0 Å². The molecule has 0 atom stereocenters. The van der Waals surface area contributed by atoms with Gasteiger partial charge < -0.3 is 0 Å². The number of rotatable bonds is 2. The van der Waals surface area contributed by atoms with E-state index in [1.165, 1.54) is 0 Å². The maximum Gasteiger partial charge on any atom is 0.435 e. The van der Waals surface area contributed by atoms with Crippen molar-refractivity contribution in [3.8, 4) is 0 Å². The summed E-state index contributed by atoms with van der Waals surface area (Å²) in [6.45, 7) is 0. The molecule has 101 valence electrons. The Labute approximate surface area is 102 Å². The van der Waals surface area contributed by atoms with Gasteiger partial charge in [0, 0.05) is 11.4 Å². The number of halogens is 8. The van der Waals surface area contributed by atoms with Crippen LogP contribution in [0.25, 0.3) is 0 Å². The first kappa shape index (κ1) is 15.1. The lowest BCUT2D eigenvalue weighted by Gasteiger charge is -2.30. The van der Waals surface area contributed by atoms with E-state index in [-0.39, 0.29) is 11.4 Å². The minimum Gasteiger partial charge on any atom is -0.218 e. The lowest BCUT2D eigenvalue weighted by atomic mass is 9.93. The maximum absolute atomic E-state index is 13.5. The number of hydrogen-bond acceptors (Lipinski definition) is 0. The predicted molar refractivity (Wildman–Crippen MR) is 49.7 cm³/mol. The third-order valence-corrected chi connectivity index (χ3v) is 2.47. The molecule has 0 bridgehead atoms. The first-order chi connectivity index (χ1) is 8.04. The van der Waals surface area contributed by atoms with Crippen molar-refractivity contribution in [2.75, 3.05) is 0 Å². The molecule has 0 nitrogen and oxygen atoms in total. The van der Waals surface area contributed by atoms with Gasteiger partial charge in [-0.1, -0.05) is 18.2 Å². The van der Waals surface area contributed by atoms with Crippen LogP contribution in [0.2, 0.25) is 0 Å². The summed E-state index contributed by atoms with van der Waals surface area (Å²) >= 11 is 5.26. The number of hydrogen-bond donors (Lipinski definition) is 0. The molecule has 1 rings (SSSR count). The van der Waals surface area contributed by atoms with Gasteiger partial charge in [-0.05, 0) is 11.6 Å². The summed E-state index contributed by atoms with van der Waals surface area (Å²) < 4.78 is 87.8. The maximum atomic E-state index is 13.5. The van der Waals surface area contributed by atoms with Gasteiger partial charge in [-0.15, -0.1) is 11.6 Å². The molecule has 18 heavy (non-hydrogen) atoms. The molecule has 0 unspecified atom stereocenters. The zero-order valence-electron chi connectivity index (χ0n) is 8.46. The third kappa shape index (κ3) is 2.41. The van der Waals surface area contributed by atoms with Crippen LogP contribution in [0.1, 0.15) is 11.1 Å². The lowest BCUT2D eigenvalue weighted by molar-refractivity contribution is -0.348. The van der Waals surface area contributed by atoms with E-state index in [1.54, 1.807) is 0 Å². The molecule has 0 aromatic heterocycles. The third-order valence-electron chi connectivity index (χ3n) is 2.18. The van der Waals surface area contributed by atoms with Gasteiger partial charge in [0.15, 0.2) is 0 Å². The van der Waals surface area contributed by atoms with E-state index in [9.17, 15) is 30.7 Å². The first-order valence-corrected chi connectivity index (χ1v) is 4.97. The van der Waals surface area contributed by atoms with Crippen LogP contribution in [-0.2, 0) is 11.5 Å². The first-order valence-electron chi connectivity index (χ1n) is 4.43. The molecule has 0 saturated heterocycles. The number of benzene rings is 1. The fourth-order valence-corrected chi connectivity index (χ4v) is 1.45. The van der Waals surface area contributed by atoms with E-state index < -0.39 is 23.6 Å². The molecule has 0 N–H and O–H groups in total. The normalized spacial score (nSPS) is 13.8. The molecule has 1 aromatic carbocycles. The van der Waals surface area contributed by atoms with E-state index in [2.05, 4.69) is 6.07 Å². The van der Waals surface area contributed by atoms with Gasteiger partial charge in [-0.2, -0.15) is 26.3 Å². The summed E-state index contributed by atoms with van der Waals surface area (Å²) in [6.07, 6.45) is -12.2. The molecule has 0 aliphatic rings. The van der Waals surface area contributed by atoms with E-state index in [1.807, 2.05) is 0 Å². The van der Waals surface area contributed by atoms with Crippen molar-refractivity contribution in [2.45, 2.75) is 23.9 Å². The highest BCUT2D eigenvalue weighted by Crippen LogP contribution is 2.53. The fraction of sp³-hybridized carbons (Fsp3) is 0.400. The predicted octanol–water partition coefficient (Wildman–Crippen LogP) is 4.51. The Morgan fingerprint density at radius 2 is 1.50 bits per heavy atom. The monoisotopic (exact) mass is 293 g/mol. The largest absolute Gasteiger partial charge is 0.435 e. The Morgan fingerprint density at radius 3 is 1.89 bits per heavy atom. The molecule has 0 heterocycles. The quantitative estimate of drug-likeness (QED) is 0.556. The van der Waals surface area contributed by atoms with Crippen molar-refractivity contribution < 1.29 is 30.7 Å². The summed E-state index contributed by atoms with van der Waals surface area (Å²) in [5.74, 6) is -0.375. The standard InChI is InChI=1S/C10H5ClF7/c11-5-6-2-1-3-7(4-6)8(12,9(13,14)15)10(16,17)18/h1,3-4H,5H2. The van der Waals surface area contributed by atoms with Gasteiger partial charge in [0.25, 0.3) is 0 Å². The highest BCUT2D eigenvalue weighted by molar-refractivity contribution is 6.17. The molecular weight excluding hydrogens is 289 g/mol. The van der Waals surface area contributed by atoms with Crippen LogP contribution in [0.5, 0.6) is 0 Å². The van der Waals surface area contributed by atoms with E-state index in [0.717, 1.165) is 6.07 Å². The zero-order valence-corrected chi connectivity index (χ0v) is 9.22. The van der Waals surface area contributed by atoms with Crippen LogP contribution in [0.4, 0.5) is 30.7 Å². The van der Waals surface area contributed by atoms with Crippen LogP contribution >= 0.6 is 11.6 Å². The van der Waals surface area contributed by atoms with Crippen LogP contribution in [0.15, 0.2) is 18.2 Å². The van der Waals surface area contributed by atoms with E-state index in [4.69, 9.17) is 11.6 Å². The highest BCUT2D eigenvalue weighted by atomic mass is 35.5. The van der Waals surface area contributed by atoms with Gasteiger partial charge in [0.05, 0.1) is 0 Å². The van der Waals surface area contributed by atoms with Crippen molar-refractivity contribution >= 4 is 11.6 Å². The van der Waals surface area contributed by atoms with Crippen molar-refractivity contribution in [2.24, 2.45) is 0 Å². The molecule has 0 fully saturated rings. The molecular formula is C10H5ClF7. The summed E-state index contributed by atoms with van der Waals surface area (Å²) in [5.41, 5.74) is -7.14. The van der Waals surface area contributed by atoms with E-state index in [0.29, 0.717) is 12.1 Å². The Balaban J connectivity index is 3.45. The van der Waals surface area contributed by atoms with Crippen LogP contribution in [0, 0.1) is 6.07 Å². The second kappa shape index (κ2) is 4.60. The van der Waals surface area contributed by atoms with Crippen molar-refractivity contribution in [3.05, 3.63) is 35.4 Å². The average Bonchev–Trinajstić information content (AvgIpc) is 2.25. The van der Waals surface area contributed by atoms with Gasteiger partial charge in [-0.3, -0.25) is 0 Å². The van der Waals surface area contributed by atoms with E-state index >= 15 is 0 Å². The Hall–Kier alpha value is -0.980. The summed E-state index contributed by atoms with van der Waals surface area (Å²) in [7, 11) is 0. The smallest absolute Gasteiger partial charge is 0.218 e. The molecule has 0 aliphatic heterocycles. The van der Waals surface area contributed by atoms with Gasteiger partial charge in [-0.25, -0.2) is 4.39 Å². The van der Waals surface area contributed by atoms with Gasteiger partial charge >= 0.3 is 18.0 Å². The number of alkyl halides is 8. The Kier molecular flexibility index (Phi) is 3.86. The molecule has 0 spiro atoms. The van der Waals surface area contributed by atoms with Gasteiger partial charge in [0.1, 0.15) is 0 Å². The topological polar surface area (TPSA) is 0 Å². The summed E-state index contributed by atoms with van der Waals surface area (Å²) in [4.78, 5) is 0. The SMILES string of the molecule is FC(F)(F)C(F)(c1cc[c]c(CCl)c1)C(F)(F)F. The van der Waals surface area contributed by atoms with Crippen molar-refractivity contribution in [3.63, 3.8) is 0 Å². The van der Waals surface area contributed by atoms with Crippen LogP contribution < -0.4 is 0 Å². The minimum atomic E-state index is -6.11. The molecule has 8 heteroatoms. The molecule has 0 aliphatic carbocycles. The average molecular weight is 294 g/mol. The second-order valence-electron chi connectivity index (χ2n) is 3.39. The van der Waals surface area contributed by atoms with Crippen LogP contribution in [0.3, 0.4) is 0 Å². The lowest BCUT2D eigenvalue weighted by Crippen LogP contribution is -2.50. The van der Waals surface area contributed by atoms with Crippen LogP contribution in [-0.4, -0.2) is 12.4 Å². The Morgan fingerprint density at radius 1 is 1.00 bits per heavy atom. The van der Waals surface area contributed by atoms with Gasteiger partial charge in [0.2, 0.25) is 0 Å². The summed E-state index contributed by atoms with van der Waals surface area (Å²) in [5, 5.41) is 0. The molecule has 1 aromatic rings. The zero-order chi connectivity index (χ0) is 14.2. The highest BCUT2D eigenvalue weighted by Gasteiger charge is 2.73. The molecule has 0 amide bonds. The second-order valence-corrected chi connectivity index (χ2v) is 3.66. The minimum absolute atomic E-state index is 0.162. The Bertz CT molecular complexity index is 407. The fourth-order valence-electron chi connectivity index (χ4n) is 1.30. The summed E-state index contributed by atoms with van der Waals surface area (Å²) in [6, 6.07) is 3.83. The molecule has 0 saturated carbocycles. The van der Waals surface area contributed by atoms with Crippen molar-refractivity contribution in [1.82, 2.24) is 0 Å². The molecule has 1 radical (unpaired) electrons.